The summed E-state index contributed by atoms with van der Waals surface area (Å²) < 4.78 is 9.99. The number of methoxy groups -OCH3 is 1. The van der Waals surface area contributed by atoms with Crippen LogP contribution >= 0.6 is 0 Å². The first kappa shape index (κ1) is 19.9. The van der Waals surface area contributed by atoms with Gasteiger partial charge in [0.25, 0.3) is 5.91 Å². The summed E-state index contributed by atoms with van der Waals surface area (Å²) in [7, 11) is 1.45. The number of amides is 1. The average molecular weight is 391 g/mol. The largest absolute Gasteiger partial charge is 0.507 e. The molecule has 0 fully saturated rings. The fraction of sp³-hybridized carbons (Fsp3) is 0.130. The number of aromatic hydroxyl groups is 1. The summed E-state index contributed by atoms with van der Waals surface area (Å²) in [5, 5.41) is 12.7. The van der Waals surface area contributed by atoms with Crippen LogP contribution in [0.15, 0.2) is 72.8 Å². The van der Waals surface area contributed by atoms with Crippen molar-refractivity contribution in [2.24, 2.45) is 0 Å². The Labute approximate surface area is 168 Å². The Kier molecular flexibility index (Phi) is 6.47. The van der Waals surface area contributed by atoms with Gasteiger partial charge in [0.15, 0.2) is 6.61 Å². The first-order valence-corrected chi connectivity index (χ1v) is 9.02. The number of esters is 1. The minimum Gasteiger partial charge on any atom is -0.507 e. The molecule has 0 heterocycles. The van der Waals surface area contributed by atoms with Crippen molar-refractivity contribution in [3.63, 3.8) is 0 Å². The molecule has 3 aromatic rings. The highest BCUT2D eigenvalue weighted by molar-refractivity contribution is 5.97. The van der Waals surface area contributed by atoms with Gasteiger partial charge in [0.05, 0.1) is 7.11 Å². The molecule has 0 bridgehead atoms. The standard InChI is InChI=1S/C23H21NO5/c1-28-18-11-12-19(21(25)14-18)23(27)29-15-22(26)24-20-10-6-5-9-17(20)13-16-7-3-2-4-8-16/h2-12,14,25H,13,15H2,1H3,(H,24,26). The number of benzene rings is 3. The monoisotopic (exact) mass is 391 g/mol. The molecule has 0 saturated carbocycles. The minimum absolute atomic E-state index is 0.0388. The first-order valence-electron chi connectivity index (χ1n) is 9.02. The van der Waals surface area contributed by atoms with Gasteiger partial charge in [-0.2, -0.15) is 0 Å². The van der Waals surface area contributed by atoms with Crippen molar-refractivity contribution in [1.82, 2.24) is 0 Å². The van der Waals surface area contributed by atoms with Crippen LogP contribution in [-0.4, -0.2) is 30.7 Å². The number of carbonyl (C=O) groups excluding carboxylic acids is 2. The van der Waals surface area contributed by atoms with Crippen molar-refractivity contribution >= 4 is 17.6 Å². The molecule has 2 N–H and O–H groups in total. The molecule has 29 heavy (non-hydrogen) atoms. The minimum atomic E-state index is -0.794. The fourth-order valence-electron chi connectivity index (χ4n) is 2.82. The van der Waals surface area contributed by atoms with E-state index in [0.717, 1.165) is 11.1 Å². The number of carbonyl (C=O) groups is 2. The molecule has 0 spiro atoms. The Morgan fingerprint density at radius 1 is 0.966 bits per heavy atom. The number of hydrogen-bond donors (Lipinski definition) is 2. The Bertz CT molecular complexity index is 1000. The zero-order chi connectivity index (χ0) is 20.6. The second-order valence-electron chi connectivity index (χ2n) is 6.33. The van der Waals surface area contributed by atoms with Crippen molar-refractivity contribution in [3.05, 3.63) is 89.5 Å². The highest BCUT2D eigenvalue weighted by atomic mass is 16.5. The highest BCUT2D eigenvalue weighted by Gasteiger charge is 2.16. The number of phenols is 1. The van der Waals surface area contributed by atoms with Crippen LogP contribution in [0.5, 0.6) is 11.5 Å². The zero-order valence-corrected chi connectivity index (χ0v) is 15.9. The van der Waals surface area contributed by atoms with Gasteiger partial charge in [0.1, 0.15) is 17.1 Å². The van der Waals surface area contributed by atoms with Gasteiger partial charge in [-0.1, -0.05) is 48.5 Å². The lowest BCUT2D eigenvalue weighted by molar-refractivity contribution is -0.119. The number of nitrogens with one attached hydrogen (secondary N) is 1. The number of ether oxygens (including phenoxy) is 2. The number of para-hydroxylation sites is 1. The van der Waals surface area contributed by atoms with E-state index < -0.39 is 18.5 Å². The molecular formula is C23H21NO5. The molecule has 0 atom stereocenters. The Morgan fingerprint density at radius 3 is 2.41 bits per heavy atom. The van der Waals surface area contributed by atoms with Gasteiger partial charge in [-0.05, 0) is 35.7 Å². The summed E-state index contributed by atoms with van der Waals surface area (Å²) in [5.41, 5.74) is 2.69. The maximum absolute atomic E-state index is 12.3. The van der Waals surface area contributed by atoms with Gasteiger partial charge < -0.3 is 19.9 Å². The van der Waals surface area contributed by atoms with E-state index in [2.05, 4.69) is 5.32 Å². The Hall–Kier alpha value is -3.80. The quantitative estimate of drug-likeness (QED) is 0.599. The SMILES string of the molecule is COc1ccc(C(=O)OCC(=O)Nc2ccccc2Cc2ccccc2)c(O)c1. The molecule has 0 radical (unpaired) electrons. The van der Waals surface area contributed by atoms with E-state index in [1.807, 2.05) is 48.5 Å². The molecule has 0 aliphatic rings. The van der Waals surface area contributed by atoms with Crippen LogP contribution in [0.1, 0.15) is 21.5 Å². The van der Waals surface area contributed by atoms with Gasteiger partial charge in [0, 0.05) is 11.8 Å². The lowest BCUT2D eigenvalue weighted by atomic mass is 10.0. The van der Waals surface area contributed by atoms with Gasteiger partial charge >= 0.3 is 5.97 Å². The maximum Gasteiger partial charge on any atom is 0.342 e. The molecule has 0 saturated heterocycles. The van der Waals surface area contributed by atoms with Crippen LogP contribution in [0.25, 0.3) is 0 Å². The van der Waals surface area contributed by atoms with Crippen molar-refractivity contribution in [3.8, 4) is 11.5 Å². The molecule has 0 aromatic heterocycles. The molecule has 148 valence electrons. The average Bonchev–Trinajstić information content (AvgIpc) is 2.74. The summed E-state index contributed by atoms with van der Waals surface area (Å²) in [6, 6.07) is 21.6. The zero-order valence-electron chi connectivity index (χ0n) is 15.9. The van der Waals surface area contributed by atoms with Crippen LogP contribution in [0.2, 0.25) is 0 Å². The summed E-state index contributed by atoms with van der Waals surface area (Å²) in [5.74, 6) is -1.13. The van der Waals surface area contributed by atoms with E-state index in [1.54, 1.807) is 6.07 Å². The Balaban J connectivity index is 1.61. The van der Waals surface area contributed by atoms with E-state index in [4.69, 9.17) is 9.47 Å². The van der Waals surface area contributed by atoms with Crippen molar-refractivity contribution in [2.75, 3.05) is 19.0 Å². The van der Waals surface area contributed by atoms with Gasteiger partial charge in [-0.3, -0.25) is 4.79 Å². The lowest BCUT2D eigenvalue weighted by Crippen LogP contribution is -2.21. The molecule has 0 aliphatic carbocycles. The van der Waals surface area contributed by atoms with Gasteiger partial charge in [-0.25, -0.2) is 4.79 Å². The van der Waals surface area contributed by atoms with Crippen molar-refractivity contribution in [1.29, 1.82) is 0 Å². The smallest absolute Gasteiger partial charge is 0.342 e. The lowest BCUT2D eigenvalue weighted by Gasteiger charge is -2.12. The third kappa shape index (κ3) is 5.35. The van der Waals surface area contributed by atoms with Crippen molar-refractivity contribution < 1.29 is 24.2 Å². The summed E-state index contributed by atoms with van der Waals surface area (Å²) in [6.45, 7) is -0.468. The predicted molar refractivity (Wildman–Crippen MR) is 109 cm³/mol. The Morgan fingerprint density at radius 2 is 1.69 bits per heavy atom. The third-order valence-electron chi connectivity index (χ3n) is 4.29. The van der Waals surface area contributed by atoms with Crippen LogP contribution < -0.4 is 10.1 Å². The fourth-order valence-corrected chi connectivity index (χ4v) is 2.82. The molecule has 6 nitrogen and oxygen atoms in total. The van der Waals surface area contributed by atoms with E-state index in [0.29, 0.717) is 17.9 Å². The number of anilines is 1. The molecule has 3 rings (SSSR count). The summed E-state index contributed by atoms with van der Waals surface area (Å²) in [6.07, 6.45) is 0.663. The topological polar surface area (TPSA) is 84.9 Å². The summed E-state index contributed by atoms with van der Waals surface area (Å²) in [4.78, 5) is 24.4. The number of phenolic OH excluding ortho intramolecular Hbond substituents is 1. The van der Waals surface area contributed by atoms with E-state index >= 15 is 0 Å². The predicted octanol–water partition coefficient (Wildman–Crippen LogP) is 3.79. The van der Waals surface area contributed by atoms with Gasteiger partial charge in [0.2, 0.25) is 0 Å². The molecule has 0 unspecified atom stereocenters. The van der Waals surface area contributed by atoms with Gasteiger partial charge in [-0.15, -0.1) is 0 Å². The summed E-state index contributed by atoms with van der Waals surface area (Å²) >= 11 is 0. The van der Waals surface area contributed by atoms with E-state index in [1.165, 1.54) is 25.3 Å². The van der Waals surface area contributed by atoms with Crippen LogP contribution in [0, 0.1) is 0 Å². The van der Waals surface area contributed by atoms with Crippen molar-refractivity contribution in [2.45, 2.75) is 6.42 Å². The van der Waals surface area contributed by atoms with E-state index in [9.17, 15) is 14.7 Å². The van der Waals surface area contributed by atoms with Crippen LogP contribution in [-0.2, 0) is 16.0 Å². The molecular weight excluding hydrogens is 370 g/mol. The first-order chi connectivity index (χ1) is 14.1. The second kappa shape index (κ2) is 9.41. The molecule has 3 aromatic carbocycles. The van der Waals surface area contributed by atoms with E-state index in [-0.39, 0.29) is 11.3 Å². The molecule has 6 heteroatoms. The molecule has 1 amide bonds. The number of hydrogen-bond acceptors (Lipinski definition) is 5. The van der Waals surface area contributed by atoms with Crippen LogP contribution in [0.4, 0.5) is 5.69 Å². The second-order valence-corrected chi connectivity index (χ2v) is 6.33. The normalized spacial score (nSPS) is 10.2. The maximum atomic E-state index is 12.3. The van der Waals surface area contributed by atoms with Crippen LogP contribution in [0.3, 0.4) is 0 Å². The highest BCUT2D eigenvalue weighted by Crippen LogP contribution is 2.24. The number of rotatable bonds is 7. The molecule has 0 aliphatic heterocycles. The third-order valence-corrected chi connectivity index (χ3v) is 4.29.